The normalized spacial score (nSPS) is 27.0. The maximum absolute atomic E-state index is 12.4. The van der Waals surface area contributed by atoms with Gasteiger partial charge in [0.2, 0.25) is 0 Å². The summed E-state index contributed by atoms with van der Waals surface area (Å²) < 4.78 is 29.5. The number of hydrogen-bond donors (Lipinski definition) is 2. The molecule has 2 aliphatic carbocycles. The van der Waals surface area contributed by atoms with Crippen LogP contribution in [0.25, 0.3) is 0 Å². The number of rotatable bonds is 6. The van der Waals surface area contributed by atoms with Crippen LogP contribution in [0.4, 0.5) is 0 Å². The van der Waals surface area contributed by atoms with E-state index in [2.05, 4.69) is 10.0 Å². The van der Waals surface area contributed by atoms with Gasteiger partial charge in [-0.2, -0.15) is 17.4 Å². The summed E-state index contributed by atoms with van der Waals surface area (Å²) in [5, 5.41) is 3.56. The number of nitrogens with zero attached hydrogens (tertiary/aromatic N) is 1. The molecular formula is C15H29N3O2S. The molecule has 3 aliphatic rings. The smallest absolute Gasteiger partial charge is 0.279 e. The lowest BCUT2D eigenvalue weighted by Crippen LogP contribution is -2.49. The molecule has 0 bridgehead atoms. The average molecular weight is 315 g/mol. The SMILES string of the molecule is O=S(=O)(NC1CCCCC1)N1CCC(CNC2CC2)CC1. The molecule has 3 rings (SSSR count). The molecule has 1 heterocycles. The highest BCUT2D eigenvalue weighted by Crippen LogP contribution is 2.23. The van der Waals surface area contributed by atoms with Gasteiger partial charge < -0.3 is 5.32 Å². The Bertz CT molecular complexity index is 422. The van der Waals surface area contributed by atoms with Crippen molar-refractivity contribution in [1.29, 1.82) is 0 Å². The first kappa shape index (κ1) is 15.7. The van der Waals surface area contributed by atoms with E-state index in [1.807, 2.05) is 0 Å². The van der Waals surface area contributed by atoms with Crippen LogP contribution < -0.4 is 10.0 Å². The Hall–Kier alpha value is -0.170. The van der Waals surface area contributed by atoms with Crippen molar-refractivity contribution in [2.75, 3.05) is 19.6 Å². The van der Waals surface area contributed by atoms with Crippen LogP contribution in [0.3, 0.4) is 0 Å². The maximum Gasteiger partial charge on any atom is 0.279 e. The van der Waals surface area contributed by atoms with Crippen LogP contribution in [0.1, 0.15) is 57.8 Å². The van der Waals surface area contributed by atoms with Crippen LogP contribution in [0.5, 0.6) is 0 Å². The minimum absolute atomic E-state index is 0.165. The van der Waals surface area contributed by atoms with Crippen LogP contribution in [0, 0.1) is 5.92 Å². The standard InChI is InChI=1S/C15H29N3O2S/c19-21(20,17-15-4-2-1-3-5-15)18-10-8-13(9-11-18)12-16-14-6-7-14/h13-17H,1-12H2. The van der Waals surface area contributed by atoms with Gasteiger partial charge in [0.1, 0.15) is 0 Å². The first-order valence-corrected chi connectivity index (χ1v) is 10.1. The third kappa shape index (κ3) is 4.65. The lowest BCUT2D eigenvalue weighted by atomic mass is 9.96. The van der Waals surface area contributed by atoms with E-state index in [-0.39, 0.29) is 6.04 Å². The van der Waals surface area contributed by atoms with E-state index >= 15 is 0 Å². The second-order valence-electron chi connectivity index (χ2n) is 6.98. The Balaban J connectivity index is 1.43. The van der Waals surface area contributed by atoms with E-state index in [1.54, 1.807) is 4.31 Å². The van der Waals surface area contributed by atoms with Gasteiger partial charge in [-0.15, -0.1) is 0 Å². The second-order valence-corrected chi connectivity index (χ2v) is 8.69. The fourth-order valence-corrected chi connectivity index (χ4v) is 4.98. The van der Waals surface area contributed by atoms with Crippen LogP contribution in [0.2, 0.25) is 0 Å². The summed E-state index contributed by atoms with van der Waals surface area (Å²) in [5.41, 5.74) is 0. The summed E-state index contributed by atoms with van der Waals surface area (Å²) in [6.45, 7) is 2.42. The predicted octanol–water partition coefficient (Wildman–Crippen LogP) is 1.62. The molecule has 3 fully saturated rings. The molecule has 0 amide bonds. The molecule has 6 heteroatoms. The van der Waals surface area contributed by atoms with Crippen molar-refractivity contribution < 1.29 is 8.42 Å². The van der Waals surface area contributed by atoms with Gasteiger partial charge in [-0.1, -0.05) is 19.3 Å². The van der Waals surface area contributed by atoms with E-state index in [1.165, 1.54) is 19.3 Å². The van der Waals surface area contributed by atoms with E-state index in [0.29, 0.717) is 19.0 Å². The summed E-state index contributed by atoms with van der Waals surface area (Å²) in [7, 11) is -3.26. The van der Waals surface area contributed by atoms with Crippen molar-refractivity contribution in [3.05, 3.63) is 0 Å². The van der Waals surface area contributed by atoms with Crippen molar-refractivity contribution in [2.45, 2.75) is 69.9 Å². The Morgan fingerprint density at radius 1 is 0.857 bits per heavy atom. The molecule has 0 radical (unpaired) electrons. The van der Waals surface area contributed by atoms with Crippen LogP contribution in [-0.4, -0.2) is 44.4 Å². The summed E-state index contributed by atoms with van der Waals surface area (Å²) >= 11 is 0. The molecule has 122 valence electrons. The summed E-state index contributed by atoms with van der Waals surface area (Å²) in [6.07, 6.45) is 10.2. The molecule has 0 aromatic carbocycles. The van der Waals surface area contributed by atoms with Gasteiger partial charge in [0.15, 0.2) is 0 Å². The molecule has 0 aromatic heterocycles. The van der Waals surface area contributed by atoms with Gasteiger partial charge in [-0.3, -0.25) is 0 Å². The first-order valence-electron chi connectivity index (χ1n) is 8.64. The largest absolute Gasteiger partial charge is 0.314 e. The minimum Gasteiger partial charge on any atom is -0.314 e. The second kappa shape index (κ2) is 6.94. The van der Waals surface area contributed by atoms with Gasteiger partial charge in [0, 0.05) is 25.2 Å². The molecule has 2 N–H and O–H groups in total. The molecule has 21 heavy (non-hydrogen) atoms. The zero-order valence-corrected chi connectivity index (χ0v) is 13.7. The zero-order valence-electron chi connectivity index (χ0n) is 12.9. The van der Waals surface area contributed by atoms with Gasteiger partial charge in [0.25, 0.3) is 10.2 Å². The molecule has 0 aromatic rings. The van der Waals surface area contributed by atoms with Gasteiger partial charge in [0.05, 0.1) is 0 Å². The Kier molecular flexibility index (Phi) is 5.19. The molecule has 1 aliphatic heterocycles. The Morgan fingerprint density at radius 2 is 1.52 bits per heavy atom. The average Bonchev–Trinajstić information content (AvgIpc) is 3.30. The van der Waals surface area contributed by atoms with Gasteiger partial charge in [-0.05, 0) is 51.0 Å². The van der Waals surface area contributed by atoms with E-state index in [9.17, 15) is 8.42 Å². The fourth-order valence-electron chi connectivity index (χ4n) is 3.48. The molecular weight excluding hydrogens is 286 g/mol. The molecule has 0 unspecified atom stereocenters. The third-order valence-corrected chi connectivity index (χ3v) is 6.78. The van der Waals surface area contributed by atoms with E-state index in [4.69, 9.17) is 0 Å². The fraction of sp³-hybridized carbons (Fsp3) is 1.00. The van der Waals surface area contributed by atoms with Crippen LogP contribution in [-0.2, 0) is 10.2 Å². The van der Waals surface area contributed by atoms with Crippen molar-refractivity contribution in [3.8, 4) is 0 Å². The highest BCUT2D eigenvalue weighted by atomic mass is 32.2. The van der Waals surface area contributed by atoms with Crippen molar-refractivity contribution in [2.24, 2.45) is 5.92 Å². The third-order valence-electron chi connectivity index (χ3n) is 5.11. The van der Waals surface area contributed by atoms with Crippen LogP contribution in [0.15, 0.2) is 0 Å². The summed E-state index contributed by atoms with van der Waals surface area (Å²) in [5.74, 6) is 0.645. The lowest BCUT2D eigenvalue weighted by Gasteiger charge is -2.33. The van der Waals surface area contributed by atoms with Crippen molar-refractivity contribution >= 4 is 10.2 Å². The quantitative estimate of drug-likeness (QED) is 0.783. The molecule has 0 atom stereocenters. The number of piperidine rings is 1. The molecule has 2 saturated carbocycles. The highest BCUT2D eigenvalue weighted by molar-refractivity contribution is 7.87. The predicted molar refractivity (Wildman–Crippen MR) is 84.3 cm³/mol. The lowest BCUT2D eigenvalue weighted by molar-refractivity contribution is 0.261. The molecule has 1 saturated heterocycles. The molecule has 5 nitrogen and oxygen atoms in total. The van der Waals surface area contributed by atoms with Crippen molar-refractivity contribution in [3.63, 3.8) is 0 Å². The summed E-state index contributed by atoms with van der Waals surface area (Å²) in [6, 6.07) is 0.915. The van der Waals surface area contributed by atoms with Gasteiger partial charge in [-0.25, -0.2) is 0 Å². The molecule has 0 spiro atoms. The number of hydrogen-bond acceptors (Lipinski definition) is 3. The monoisotopic (exact) mass is 315 g/mol. The number of nitrogens with one attached hydrogen (secondary N) is 2. The topological polar surface area (TPSA) is 61.4 Å². The Morgan fingerprint density at radius 3 is 2.14 bits per heavy atom. The highest BCUT2D eigenvalue weighted by Gasteiger charge is 2.31. The van der Waals surface area contributed by atoms with Gasteiger partial charge >= 0.3 is 0 Å². The van der Waals surface area contributed by atoms with E-state index in [0.717, 1.165) is 51.1 Å². The Labute approximate surface area is 129 Å². The first-order chi connectivity index (χ1) is 10.1. The summed E-state index contributed by atoms with van der Waals surface area (Å²) in [4.78, 5) is 0. The van der Waals surface area contributed by atoms with Crippen LogP contribution >= 0.6 is 0 Å². The zero-order chi connectivity index (χ0) is 14.7. The van der Waals surface area contributed by atoms with Crippen molar-refractivity contribution in [1.82, 2.24) is 14.3 Å². The van der Waals surface area contributed by atoms with E-state index < -0.39 is 10.2 Å². The maximum atomic E-state index is 12.4. The minimum atomic E-state index is -3.26.